The fourth-order valence-electron chi connectivity index (χ4n) is 4.50. The zero-order chi connectivity index (χ0) is 23.3. The predicted molar refractivity (Wildman–Crippen MR) is 123 cm³/mol. The lowest BCUT2D eigenvalue weighted by atomic mass is 10.0. The van der Waals surface area contributed by atoms with E-state index < -0.39 is 16.0 Å². The van der Waals surface area contributed by atoms with E-state index in [-0.39, 0.29) is 23.0 Å². The number of nitrogens with zero attached hydrogens (tertiary/aromatic N) is 3. The van der Waals surface area contributed by atoms with Crippen LogP contribution in [0.2, 0.25) is 0 Å². The van der Waals surface area contributed by atoms with Crippen LogP contribution in [0.4, 0.5) is 5.69 Å². The van der Waals surface area contributed by atoms with Crippen molar-refractivity contribution in [1.82, 2.24) is 9.21 Å². The first-order valence-electron chi connectivity index (χ1n) is 11.6. The van der Waals surface area contributed by atoms with Gasteiger partial charge in [0.2, 0.25) is 10.0 Å². The standard InChI is InChI=1S/C23H35N3O5S/c1-4-26(5-2)32(29,30)19-10-11-21(24-12-6-7-13-24)20(15-19)23(28)31-17-22(27)25-14-8-9-18(3)16-25/h10-11,15,18H,4-9,12-14,16-17H2,1-3H3. The van der Waals surface area contributed by atoms with Crippen LogP contribution < -0.4 is 4.90 Å². The zero-order valence-electron chi connectivity index (χ0n) is 19.4. The SMILES string of the molecule is CCN(CC)S(=O)(=O)c1ccc(N2CCCC2)c(C(=O)OCC(=O)N2CCCC(C)C2)c1. The molecule has 178 valence electrons. The van der Waals surface area contributed by atoms with Crippen molar-refractivity contribution in [3.8, 4) is 0 Å². The molecule has 1 unspecified atom stereocenters. The van der Waals surface area contributed by atoms with Crippen LogP contribution in [0, 0.1) is 5.92 Å². The molecule has 2 fully saturated rings. The van der Waals surface area contributed by atoms with E-state index in [1.54, 1.807) is 30.9 Å². The van der Waals surface area contributed by atoms with Gasteiger partial charge in [-0.2, -0.15) is 4.31 Å². The lowest BCUT2D eigenvalue weighted by Gasteiger charge is -2.30. The topological polar surface area (TPSA) is 87.2 Å². The first kappa shape index (κ1) is 24.5. The monoisotopic (exact) mass is 465 g/mol. The highest BCUT2D eigenvalue weighted by molar-refractivity contribution is 7.89. The van der Waals surface area contributed by atoms with Crippen LogP contribution in [0.15, 0.2) is 23.1 Å². The average molecular weight is 466 g/mol. The molecule has 1 aromatic rings. The van der Waals surface area contributed by atoms with Crippen LogP contribution >= 0.6 is 0 Å². The normalized spacial score (nSPS) is 19.4. The summed E-state index contributed by atoms with van der Waals surface area (Å²) in [5.74, 6) is -0.436. The van der Waals surface area contributed by atoms with Gasteiger partial charge in [0.05, 0.1) is 16.1 Å². The van der Waals surface area contributed by atoms with Crippen molar-refractivity contribution >= 4 is 27.6 Å². The number of benzene rings is 1. The van der Waals surface area contributed by atoms with Gasteiger partial charge in [0.1, 0.15) is 0 Å². The summed E-state index contributed by atoms with van der Waals surface area (Å²) >= 11 is 0. The zero-order valence-corrected chi connectivity index (χ0v) is 20.2. The lowest BCUT2D eigenvalue weighted by Crippen LogP contribution is -2.41. The van der Waals surface area contributed by atoms with Gasteiger partial charge in [-0.3, -0.25) is 4.79 Å². The molecule has 8 nitrogen and oxygen atoms in total. The minimum absolute atomic E-state index is 0.0623. The number of esters is 1. The second-order valence-corrected chi connectivity index (χ2v) is 10.6. The average Bonchev–Trinajstić information content (AvgIpc) is 3.32. The van der Waals surface area contributed by atoms with Crippen LogP contribution in [0.1, 0.15) is 56.8 Å². The minimum atomic E-state index is -3.72. The number of ether oxygens (including phenoxy) is 1. The van der Waals surface area contributed by atoms with Crippen LogP contribution in [0.5, 0.6) is 0 Å². The number of hydrogen-bond acceptors (Lipinski definition) is 6. The number of rotatable bonds is 8. The van der Waals surface area contributed by atoms with Gasteiger partial charge in [0, 0.05) is 39.3 Å². The third kappa shape index (κ3) is 5.43. The van der Waals surface area contributed by atoms with Gasteiger partial charge in [-0.15, -0.1) is 0 Å². The van der Waals surface area contributed by atoms with Gasteiger partial charge in [0.25, 0.3) is 5.91 Å². The fraction of sp³-hybridized carbons (Fsp3) is 0.652. The van der Waals surface area contributed by atoms with Gasteiger partial charge < -0.3 is 14.5 Å². The highest BCUT2D eigenvalue weighted by Gasteiger charge is 2.28. The number of anilines is 1. The van der Waals surface area contributed by atoms with Crippen molar-refractivity contribution in [1.29, 1.82) is 0 Å². The van der Waals surface area contributed by atoms with E-state index in [0.29, 0.717) is 37.8 Å². The van der Waals surface area contributed by atoms with Crippen LogP contribution in [-0.2, 0) is 19.6 Å². The van der Waals surface area contributed by atoms with Crippen molar-refractivity contribution in [3.05, 3.63) is 23.8 Å². The van der Waals surface area contributed by atoms with E-state index in [0.717, 1.165) is 38.8 Å². The third-order valence-corrected chi connectivity index (χ3v) is 8.36. The lowest BCUT2D eigenvalue weighted by molar-refractivity contribution is -0.136. The molecule has 0 spiro atoms. The van der Waals surface area contributed by atoms with E-state index in [2.05, 4.69) is 11.8 Å². The molecule has 0 aliphatic carbocycles. The summed E-state index contributed by atoms with van der Waals surface area (Å²) < 4.78 is 32.8. The number of piperidine rings is 1. The Morgan fingerprint density at radius 1 is 1.09 bits per heavy atom. The molecular weight excluding hydrogens is 430 g/mol. The minimum Gasteiger partial charge on any atom is -0.452 e. The molecule has 0 bridgehead atoms. The molecule has 1 aromatic carbocycles. The van der Waals surface area contributed by atoms with Gasteiger partial charge in [-0.1, -0.05) is 20.8 Å². The van der Waals surface area contributed by atoms with Crippen LogP contribution in [0.3, 0.4) is 0 Å². The molecule has 0 saturated carbocycles. The summed E-state index contributed by atoms with van der Waals surface area (Å²) in [6, 6.07) is 4.64. The molecule has 3 rings (SSSR count). The molecule has 1 amide bonds. The number of carbonyl (C=O) groups excluding carboxylic acids is 2. The summed E-state index contributed by atoms with van der Waals surface area (Å²) in [5, 5.41) is 0. The van der Waals surface area contributed by atoms with Crippen LogP contribution in [0.25, 0.3) is 0 Å². The van der Waals surface area contributed by atoms with E-state index in [4.69, 9.17) is 4.74 Å². The van der Waals surface area contributed by atoms with E-state index in [1.165, 1.54) is 10.4 Å². The van der Waals surface area contributed by atoms with Crippen molar-refractivity contribution in [2.45, 2.75) is 51.3 Å². The first-order valence-corrected chi connectivity index (χ1v) is 13.1. The summed E-state index contributed by atoms with van der Waals surface area (Å²) in [5.41, 5.74) is 0.852. The Balaban J connectivity index is 1.83. The van der Waals surface area contributed by atoms with Crippen LogP contribution in [-0.4, -0.2) is 75.4 Å². The van der Waals surface area contributed by atoms with Gasteiger partial charge >= 0.3 is 5.97 Å². The number of sulfonamides is 1. The summed E-state index contributed by atoms with van der Waals surface area (Å²) in [7, 11) is -3.72. The first-order chi connectivity index (χ1) is 15.3. The maximum absolute atomic E-state index is 13.0. The maximum Gasteiger partial charge on any atom is 0.340 e. The summed E-state index contributed by atoms with van der Waals surface area (Å²) in [6.07, 6.45) is 4.07. The molecule has 2 saturated heterocycles. The van der Waals surface area contributed by atoms with E-state index in [1.807, 2.05) is 0 Å². The second kappa shape index (κ2) is 10.7. The summed E-state index contributed by atoms with van der Waals surface area (Å²) in [4.78, 5) is 29.5. The van der Waals surface area contributed by atoms with Crippen molar-refractivity contribution in [2.75, 3.05) is 50.8 Å². The van der Waals surface area contributed by atoms with Crippen molar-refractivity contribution in [3.63, 3.8) is 0 Å². The van der Waals surface area contributed by atoms with Gasteiger partial charge in [-0.25, -0.2) is 13.2 Å². The molecule has 0 aromatic heterocycles. The Morgan fingerprint density at radius 3 is 2.41 bits per heavy atom. The largest absolute Gasteiger partial charge is 0.452 e. The number of carbonyl (C=O) groups is 2. The predicted octanol–water partition coefficient (Wildman–Crippen LogP) is 2.73. The Kier molecular flexibility index (Phi) is 8.16. The molecular formula is C23H35N3O5S. The molecule has 2 aliphatic rings. The molecule has 1 atom stereocenters. The van der Waals surface area contributed by atoms with Gasteiger partial charge in [-0.05, 0) is 49.8 Å². The maximum atomic E-state index is 13.0. The molecule has 0 radical (unpaired) electrons. The summed E-state index contributed by atoms with van der Waals surface area (Å²) in [6.45, 7) is 8.96. The quantitative estimate of drug-likeness (QED) is 0.549. The fourth-order valence-corrected chi connectivity index (χ4v) is 5.98. The Bertz CT molecular complexity index is 924. The molecule has 32 heavy (non-hydrogen) atoms. The highest BCUT2D eigenvalue weighted by atomic mass is 32.2. The Labute approximate surface area is 191 Å². The van der Waals surface area contributed by atoms with Crippen molar-refractivity contribution in [2.24, 2.45) is 5.92 Å². The van der Waals surface area contributed by atoms with E-state index in [9.17, 15) is 18.0 Å². The smallest absolute Gasteiger partial charge is 0.340 e. The molecule has 2 heterocycles. The number of hydrogen-bond donors (Lipinski definition) is 0. The Hall–Kier alpha value is -2.13. The Morgan fingerprint density at radius 2 is 1.78 bits per heavy atom. The highest BCUT2D eigenvalue weighted by Crippen LogP contribution is 2.29. The van der Waals surface area contributed by atoms with Crippen molar-refractivity contribution < 1.29 is 22.7 Å². The molecule has 0 N–H and O–H groups in total. The van der Waals surface area contributed by atoms with Gasteiger partial charge in [0.15, 0.2) is 6.61 Å². The second-order valence-electron chi connectivity index (χ2n) is 8.63. The van der Waals surface area contributed by atoms with E-state index >= 15 is 0 Å². The number of amides is 1. The molecule has 2 aliphatic heterocycles. The molecule has 9 heteroatoms. The third-order valence-electron chi connectivity index (χ3n) is 6.31. The number of likely N-dealkylation sites (tertiary alicyclic amines) is 1.